The zero-order chi connectivity index (χ0) is 14.7. The average Bonchev–Trinajstić information content (AvgIpc) is 2.97. The van der Waals surface area contributed by atoms with E-state index in [1.165, 1.54) is 28.7 Å². The van der Waals surface area contributed by atoms with Gasteiger partial charge in [0, 0.05) is 25.2 Å². The Balaban J connectivity index is 1.81. The number of rotatable bonds is 5. The van der Waals surface area contributed by atoms with Crippen molar-refractivity contribution in [2.75, 3.05) is 19.6 Å². The minimum Gasteiger partial charge on any atom is -0.315 e. The molecule has 1 atom stereocenters. The number of hydrogen-bond donors (Lipinski definition) is 1. The second kappa shape index (κ2) is 6.64. The molecule has 2 aromatic rings. The monoisotopic (exact) mass is 307 g/mol. The predicted octanol–water partition coefficient (Wildman–Crippen LogP) is 1.11. The Kier molecular flexibility index (Phi) is 4.62. The molecule has 6 nitrogen and oxygen atoms in total. The van der Waals surface area contributed by atoms with Crippen LogP contribution >= 0.6 is 11.3 Å². The lowest BCUT2D eigenvalue weighted by Gasteiger charge is -2.34. The second-order valence-electron chi connectivity index (χ2n) is 5.49. The highest BCUT2D eigenvalue weighted by atomic mass is 32.1. The van der Waals surface area contributed by atoms with E-state index in [-0.39, 0.29) is 5.56 Å². The summed E-state index contributed by atoms with van der Waals surface area (Å²) in [6, 6.07) is 2.16. The second-order valence-corrected chi connectivity index (χ2v) is 6.30. The molecule has 1 aliphatic heterocycles. The summed E-state index contributed by atoms with van der Waals surface area (Å²) in [4.78, 5) is 19.7. The molecule has 0 aromatic carbocycles. The van der Waals surface area contributed by atoms with E-state index in [0.717, 1.165) is 38.3 Å². The zero-order valence-corrected chi connectivity index (χ0v) is 13.1. The van der Waals surface area contributed by atoms with Gasteiger partial charge in [-0.3, -0.25) is 9.69 Å². The van der Waals surface area contributed by atoms with Crippen LogP contribution in [0.5, 0.6) is 0 Å². The fourth-order valence-corrected chi connectivity index (χ4v) is 3.56. The quantitative estimate of drug-likeness (QED) is 0.897. The van der Waals surface area contributed by atoms with Gasteiger partial charge in [-0.15, -0.1) is 0 Å². The summed E-state index contributed by atoms with van der Waals surface area (Å²) in [5.41, 5.74) is 2.42. The third kappa shape index (κ3) is 3.30. The highest BCUT2D eigenvalue weighted by molar-refractivity contribution is 7.14. The lowest BCUT2D eigenvalue weighted by atomic mass is 10.1. The first-order valence-corrected chi connectivity index (χ1v) is 8.43. The summed E-state index contributed by atoms with van der Waals surface area (Å²) in [5, 5.41) is 7.46. The molecule has 3 heterocycles. The zero-order valence-electron chi connectivity index (χ0n) is 12.3. The summed E-state index contributed by atoms with van der Waals surface area (Å²) < 4.78 is 1.36. The molecule has 1 fully saturated rings. The number of hydrogen-bond acceptors (Lipinski definition) is 6. The maximum atomic E-state index is 12.0. The molecule has 0 radical (unpaired) electrons. The van der Waals surface area contributed by atoms with Gasteiger partial charge in [-0.25, -0.2) is 4.98 Å². The van der Waals surface area contributed by atoms with Gasteiger partial charge in [0.2, 0.25) is 4.96 Å². The lowest BCUT2D eigenvalue weighted by Crippen LogP contribution is -2.46. The molecule has 1 N–H and O–H groups in total. The standard InChI is InChI=1S/C14H21N5OS/c1-2-6-18(12-4-3-5-15-8-12)9-11-7-13(20)19-14(17-11)21-10-16-19/h7,10,12,15H,2-6,8-9H2,1H3. The Morgan fingerprint density at radius 1 is 1.57 bits per heavy atom. The predicted molar refractivity (Wildman–Crippen MR) is 83.7 cm³/mol. The third-order valence-electron chi connectivity index (χ3n) is 3.90. The van der Waals surface area contributed by atoms with Crippen molar-refractivity contribution >= 4 is 16.3 Å². The lowest BCUT2D eigenvalue weighted by molar-refractivity contribution is 0.156. The maximum absolute atomic E-state index is 12.0. The van der Waals surface area contributed by atoms with E-state index >= 15 is 0 Å². The van der Waals surface area contributed by atoms with Crippen molar-refractivity contribution in [2.45, 2.75) is 38.8 Å². The van der Waals surface area contributed by atoms with Crippen molar-refractivity contribution in [1.82, 2.24) is 24.8 Å². The third-order valence-corrected chi connectivity index (χ3v) is 4.58. The molecule has 0 amide bonds. The maximum Gasteiger partial charge on any atom is 0.275 e. The van der Waals surface area contributed by atoms with E-state index in [2.05, 4.69) is 27.2 Å². The molecule has 21 heavy (non-hydrogen) atoms. The fraction of sp³-hybridized carbons (Fsp3) is 0.643. The van der Waals surface area contributed by atoms with E-state index < -0.39 is 0 Å². The summed E-state index contributed by atoms with van der Waals surface area (Å²) in [6.45, 7) is 6.11. The number of piperidine rings is 1. The first-order valence-electron chi connectivity index (χ1n) is 7.55. The Morgan fingerprint density at radius 3 is 3.24 bits per heavy atom. The van der Waals surface area contributed by atoms with Gasteiger partial charge in [0.1, 0.15) is 5.51 Å². The fourth-order valence-electron chi connectivity index (χ4n) is 2.91. The average molecular weight is 307 g/mol. The van der Waals surface area contributed by atoms with Crippen LogP contribution < -0.4 is 10.9 Å². The normalized spacial score (nSPS) is 19.4. The van der Waals surface area contributed by atoms with Gasteiger partial charge in [0.05, 0.1) is 5.69 Å². The van der Waals surface area contributed by atoms with Gasteiger partial charge in [-0.1, -0.05) is 18.3 Å². The van der Waals surface area contributed by atoms with Crippen LogP contribution in [0.2, 0.25) is 0 Å². The van der Waals surface area contributed by atoms with Crippen LogP contribution in [0.25, 0.3) is 4.96 Å². The highest BCUT2D eigenvalue weighted by Gasteiger charge is 2.21. The van der Waals surface area contributed by atoms with Crippen molar-refractivity contribution in [3.05, 3.63) is 27.6 Å². The molecule has 114 valence electrons. The van der Waals surface area contributed by atoms with Crippen molar-refractivity contribution in [2.24, 2.45) is 0 Å². The van der Waals surface area contributed by atoms with Crippen LogP contribution in [0.1, 0.15) is 31.9 Å². The van der Waals surface area contributed by atoms with E-state index in [1.54, 1.807) is 11.6 Å². The first-order chi connectivity index (χ1) is 10.3. The van der Waals surface area contributed by atoms with Gasteiger partial charge < -0.3 is 5.32 Å². The molecule has 3 rings (SSSR count). The van der Waals surface area contributed by atoms with Crippen LogP contribution in [0.3, 0.4) is 0 Å². The van der Waals surface area contributed by atoms with Crippen LogP contribution in [-0.2, 0) is 6.54 Å². The smallest absolute Gasteiger partial charge is 0.275 e. The Morgan fingerprint density at radius 2 is 2.48 bits per heavy atom. The molecular weight excluding hydrogens is 286 g/mol. The Hall–Kier alpha value is -1.31. The molecule has 0 aliphatic carbocycles. The number of nitrogens with one attached hydrogen (secondary N) is 1. The van der Waals surface area contributed by atoms with Gasteiger partial charge in [0.15, 0.2) is 0 Å². The summed E-state index contributed by atoms with van der Waals surface area (Å²) >= 11 is 1.40. The SMILES string of the molecule is CCCN(Cc1cc(=O)n2ncsc2n1)C1CCCNC1. The molecular formula is C14H21N5OS. The molecule has 1 aliphatic rings. The molecule has 1 saturated heterocycles. The van der Waals surface area contributed by atoms with Crippen LogP contribution in [0.4, 0.5) is 0 Å². The minimum absolute atomic E-state index is 0.0885. The molecule has 0 spiro atoms. The van der Waals surface area contributed by atoms with Gasteiger partial charge in [0.25, 0.3) is 5.56 Å². The van der Waals surface area contributed by atoms with Gasteiger partial charge in [-0.2, -0.15) is 9.61 Å². The Bertz CT molecular complexity index is 646. The summed E-state index contributed by atoms with van der Waals surface area (Å²) in [7, 11) is 0. The Labute approximate surface area is 127 Å². The first kappa shape index (κ1) is 14.6. The number of aromatic nitrogens is 3. The van der Waals surface area contributed by atoms with Crippen molar-refractivity contribution in [3.8, 4) is 0 Å². The number of fused-ring (bicyclic) bond motifs is 1. The van der Waals surface area contributed by atoms with Crippen LogP contribution in [-0.4, -0.2) is 45.2 Å². The van der Waals surface area contributed by atoms with Crippen molar-refractivity contribution < 1.29 is 0 Å². The van der Waals surface area contributed by atoms with E-state index in [1.807, 2.05) is 0 Å². The van der Waals surface area contributed by atoms with E-state index in [4.69, 9.17) is 0 Å². The van der Waals surface area contributed by atoms with Crippen molar-refractivity contribution in [3.63, 3.8) is 0 Å². The van der Waals surface area contributed by atoms with Gasteiger partial charge in [-0.05, 0) is 32.4 Å². The number of nitrogens with zero attached hydrogens (tertiary/aromatic N) is 4. The molecule has 2 aromatic heterocycles. The molecule has 0 saturated carbocycles. The molecule has 7 heteroatoms. The van der Waals surface area contributed by atoms with Crippen molar-refractivity contribution in [1.29, 1.82) is 0 Å². The highest BCUT2D eigenvalue weighted by Crippen LogP contribution is 2.14. The molecule has 0 bridgehead atoms. The molecule has 1 unspecified atom stereocenters. The van der Waals surface area contributed by atoms with Gasteiger partial charge >= 0.3 is 0 Å². The minimum atomic E-state index is -0.0885. The topological polar surface area (TPSA) is 62.5 Å². The summed E-state index contributed by atoms with van der Waals surface area (Å²) in [5.74, 6) is 0. The summed E-state index contributed by atoms with van der Waals surface area (Å²) in [6.07, 6.45) is 3.54. The largest absolute Gasteiger partial charge is 0.315 e. The van der Waals surface area contributed by atoms with E-state index in [9.17, 15) is 4.79 Å². The van der Waals surface area contributed by atoms with E-state index in [0.29, 0.717) is 11.0 Å². The van der Waals surface area contributed by atoms with Crippen LogP contribution in [0, 0.1) is 0 Å². The van der Waals surface area contributed by atoms with Crippen LogP contribution in [0.15, 0.2) is 16.4 Å².